The number of carbonyl (C=O) groups excluding carboxylic acids is 1. The summed E-state index contributed by atoms with van der Waals surface area (Å²) in [5, 5.41) is 2.96. The lowest BCUT2D eigenvalue weighted by Crippen LogP contribution is -2.21. The number of nitrogens with zero attached hydrogens (tertiary/aromatic N) is 1. The molecule has 0 radical (unpaired) electrons. The first kappa shape index (κ1) is 14.1. The predicted molar refractivity (Wildman–Crippen MR) is 82.9 cm³/mol. The van der Waals surface area contributed by atoms with Gasteiger partial charge in [-0.3, -0.25) is 4.79 Å². The first-order valence-corrected chi connectivity index (χ1v) is 7.96. The van der Waals surface area contributed by atoms with Crippen molar-refractivity contribution in [3.05, 3.63) is 45.3 Å². The molecule has 21 heavy (non-hydrogen) atoms. The molecule has 3 rings (SSSR count). The maximum Gasteiger partial charge on any atom is 0.261 e. The standard InChI is InChI=1S/C16H18N2O2S/c1-20-15-8-11(6-7-17-15)10-18-16(19)14-9-12-4-2-3-5-13(12)21-14/h6-9H,2-5,10H2,1H3,(H,18,19). The Labute approximate surface area is 128 Å². The van der Waals surface area contributed by atoms with Crippen LogP contribution < -0.4 is 10.1 Å². The summed E-state index contributed by atoms with van der Waals surface area (Å²) >= 11 is 1.64. The quantitative estimate of drug-likeness (QED) is 0.944. The number of ether oxygens (including phenoxy) is 1. The van der Waals surface area contributed by atoms with E-state index in [1.807, 2.05) is 12.1 Å². The number of fused-ring (bicyclic) bond motifs is 1. The van der Waals surface area contributed by atoms with Gasteiger partial charge >= 0.3 is 0 Å². The highest BCUT2D eigenvalue weighted by molar-refractivity contribution is 7.14. The number of hydrogen-bond acceptors (Lipinski definition) is 4. The Bertz CT molecular complexity index is 628. The minimum absolute atomic E-state index is 0.00480. The van der Waals surface area contributed by atoms with Gasteiger partial charge < -0.3 is 10.1 Å². The van der Waals surface area contributed by atoms with Gasteiger partial charge in [0.05, 0.1) is 12.0 Å². The van der Waals surface area contributed by atoms with Gasteiger partial charge in [0.15, 0.2) is 0 Å². The summed E-state index contributed by atoms with van der Waals surface area (Å²) in [6, 6.07) is 5.77. The molecule has 5 heteroatoms. The molecule has 0 aromatic carbocycles. The van der Waals surface area contributed by atoms with Gasteiger partial charge in [-0.15, -0.1) is 11.3 Å². The lowest BCUT2D eigenvalue weighted by atomic mass is 9.99. The number of pyridine rings is 1. The van der Waals surface area contributed by atoms with Crippen molar-refractivity contribution in [1.29, 1.82) is 0 Å². The fourth-order valence-corrected chi connectivity index (χ4v) is 3.71. The largest absolute Gasteiger partial charge is 0.481 e. The lowest BCUT2D eigenvalue weighted by Gasteiger charge is -2.08. The van der Waals surface area contributed by atoms with Gasteiger partial charge in [-0.1, -0.05) is 0 Å². The van der Waals surface area contributed by atoms with E-state index in [4.69, 9.17) is 4.74 Å². The van der Waals surface area contributed by atoms with Crippen LogP contribution in [-0.2, 0) is 19.4 Å². The van der Waals surface area contributed by atoms with E-state index >= 15 is 0 Å². The van der Waals surface area contributed by atoms with Crippen molar-refractivity contribution in [3.63, 3.8) is 0 Å². The number of hydrogen-bond donors (Lipinski definition) is 1. The molecule has 1 aliphatic carbocycles. The van der Waals surface area contributed by atoms with Crippen molar-refractivity contribution in [1.82, 2.24) is 10.3 Å². The summed E-state index contributed by atoms with van der Waals surface area (Å²) in [6.07, 6.45) is 6.40. The van der Waals surface area contributed by atoms with Gasteiger partial charge in [0.1, 0.15) is 0 Å². The Kier molecular flexibility index (Phi) is 4.20. The number of rotatable bonds is 4. The van der Waals surface area contributed by atoms with Crippen molar-refractivity contribution in [2.75, 3.05) is 7.11 Å². The third-order valence-corrected chi connectivity index (χ3v) is 4.92. The molecule has 1 amide bonds. The van der Waals surface area contributed by atoms with Crippen LogP contribution in [0.15, 0.2) is 24.4 Å². The molecule has 4 nitrogen and oxygen atoms in total. The third-order valence-electron chi connectivity index (χ3n) is 3.68. The number of thiophene rings is 1. The van der Waals surface area contributed by atoms with Gasteiger partial charge in [-0.05, 0) is 48.9 Å². The minimum atomic E-state index is 0.00480. The molecule has 0 saturated heterocycles. The van der Waals surface area contributed by atoms with Crippen LogP contribution in [0.25, 0.3) is 0 Å². The maximum atomic E-state index is 12.2. The fourth-order valence-electron chi connectivity index (χ4n) is 2.54. The summed E-state index contributed by atoms with van der Waals surface area (Å²) < 4.78 is 5.08. The third kappa shape index (κ3) is 3.24. The second kappa shape index (κ2) is 6.26. The molecule has 0 aliphatic heterocycles. The van der Waals surface area contributed by atoms with E-state index in [1.54, 1.807) is 24.6 Å². The average molecular weight is 302 g/mol. The summed E-state index contributed by atoms with van der Waals surface area (Å²) in [7, 11) is 1.58. The molecule has 110 valence electrons. The fraction of sp³-hybridized carbons (Fsp3) is 0.375. The van der Waals surface area contributed by atoms with Crippen LogP contribution >= 0.6 is 11.3 Å². The van der Waals surface area contributed by atoms with Crippen molar-refractivity contribution < 1.29 is 9.53 Å². The van der Waals surface area contributed by atoms with Crippen molar-refractivity contribution >= 4 is 17.2 Å². The number of nitrogens with one attached hydrogen (secondary N) is 1. The molecule has 2 aromatic heterocycles. The molecule has 0 unspecified atom stereocenters. The molecular weight excluding hydrogens is 284 g/mol. The van der Waals surface area contributed by atoms with E-state index in [2.05, 4.69) is 16.4 Å². The smallest absolute Gasteiger partial charge is 0.261 e. The van der Waals surface area contributed by atoms with E-state index < -0.39 is 0 Å². The number of aromatic nitrogens is 1. The van der Waals surface area contributed by atoms with Crippen LogP contribution in [0.5, 0.6) is 5.88 Å². The summed E-state index contributed by atoms with van der Waals surface area (Å²) in [6.45, 7) is 0.486. The SMILES string of the molecule is COc1cc(CNC(=O)c2cc3c(s2)CCCC3)ccn1. The molecule has 0 saturated carbocycles. The van der Waals surface area contributed by atoms with Crippen molar-refractivity contribution in [2.45, 2.75) is 32.2 Å². The van der Waals surface area contributed by atoms with Gasteiger partial charge in [0.25, 0.3) is 5.91 Å². The van der Waals surface area contributed by atoms with E-state index in [9.17, 15) is 4.79 Å². The Morgan fingerprint density at radius 1 is 1.38 bits per heavy atom. The molecule has 2 aromatic rings. The van der Waals surface area contributed by atoms with Crippen LogP contribution in [0.4, 0.5) is 0 Å². The number of carbonyl (C=O) groups is 1. The van der Waals surface area contributed by atoms with Gasteiger partial charge in [-0.2, -0.15) is 0 Å². The van der Waals surface area contributed by atoms with E-state index in [1.165, 1.54) is 23.3 Å². The van der Waals surface area contributed by atoms with E-state index in [-0.39, 0.29) is 5.91 Å². The molecule has 2 heterocycles. The monoisotopic (exact) mass is 302 g/mol. The summed E-state index contributed by atoms with van der Waals surface area (Å²) in [4.78, 5) is 18.5. The van der Waals surface area contributed by atoms with Gasteiger partial charge in [0.2, 0.25) is 5.88 Å². The van der Waals surface area contributed by atoms with Crippen LogP contribution in [0.2, 0.25) is 0 Å². The molecular formula is C16H18N2O2S. The van der Waals surface area contributed by atoms with Crippen molar-refractivity contribution in [2.24, 2.45) is 0 Å². The second-order valence-corrected chi connectivity index (χ2v) is 6.29. The highest BCUT2D eigenvalue weighted by Crippen LogP contribution is 2.29. The molecule has 0 bridgehead atoms. The van der Waals surface area contributed by atoms with Gasteiger partial charge in [0, 0.05) is 23.7 Å². The predicted octanol–water partition coefficient (Wildman–Crippen LogP) is 2.96. The van der Waals surface area contributed by atoms with E-state index in [0.717, 1.165) is 23.3 Å². The Hall–Kier alpha value is -1.88. The van der Waals surface area contributed by atoms with Crippen LogP contribution in [0.3, 0.4) is 0 Å². The molecule has 0 spiro atoms. The summed E-state index contributed by atoms with van der Waals surface area (Å²) in [5.41, 5.74) is 2.35. The van der Waals surface area contributed by atoms with Crippen LogP contribution in [-0.4, -0.2) is 18.0 Å². The van der Waals surface area contributed by atoms with Gasteiger partial charge in [-0.25, -0.2) is 4.98 Å². The number of methoxy groups -OCH3 is 1. The van der Waals surface area contributed by atoms with Crippen LogP contribution in [0, 0.1) is 0 Å². The average Bonchev–Trinajstić information content (AvgIpc) is 2.97. The normalized spacial score (nSPS) is 13.6. The Morgan fingerprint density at radius 2 is 2.24 bits per heavy atom. The highest BCUT2D eigenvalue weighted by atomic mass is 32.1. The van der Waals surface area contributed by atoms with Crippen molar-refractivity contribution in [3.8, 4) is 5.88 Å². The van der Waals surface area contributed by atoms with Crippen LogP contribution in [0.1, 0.15) is 38.5 Å². The molecule has 1 aliphatic rings. The highest BCUT2D eigenvalue weighted by Gasteiger charge is 2.17. The first-order valence-electron chi connectivity index (χ1n) is 7.15. The molecule has 1 N–H and O–H groups in total. The number of amides is 1. The maximum absolute atomic E-state index is 12.2. The topological polar surface area (TPSA) is 51.2 Å². The number of aryl methyl sites for hydroxylation is 2. The molecule has 0 atom stereocenters. The minimum Gasteiger partial charge on any atom is -0.481 e. The molecule has 0 fully saturated rings. The zero-order valence-electron chi connectivity index (χ0n) is 12.0. The second-order valence-electron chi connectivity index (χ2n) is 5.16. The first-order chi connectivity index (χ1) is 10.3. The Balaban J connectivity index is 1.64. The summed E-state index contributed by atoms with van der Waals surface area (Å²) in [5.74, 6) is 0.568. The van der Waals surface area contributed by atoms with E-state index in [0.29, 0.717) is 12.4 Å². The zero-order valence-corrected chi connectivity index (χ0v) is 12.8. The lowest BCUT2D eigenvalue weighted by molar-refractivity contribution is 0.0955. The zero-order chi connectivity index (χ0) is 14.7. The Morgan fingerprint density at radius 3 is 3.05 bits per heavy atom.